The van der Waals surface area contributed by atoms with Crippen molar-refractivity contribution in [2.75, 3.05) is 18.7 Å². The molecule has 0 fully saturated rings. The van der Waals surface area contributed by atoms with Crippen LogP contribution in [0, 0.1) is 0 Å². The quantitative estimate of drug-likeness (QED) is 0.647. The van der Waals surface area contributed by atoms with Crippen molar-refractivity contribution in [1.29, 1.82) is 0 Å². The average Bonchev–Trinajstić information content (AvgIpc) is 2.60. The Labute approximate surface area is 140 Å². The Balaban J connectivity index is 2.17. The van der Waals surface area contributed by atoms with Gasteiger partial charge in [-0.1, -0.05) is 30.3 Å². The summed E-state index contributed by atoms with van der Waals surface area (Å²) in [5.74, 6) is -0.458. The van der Waals surface area contributed by atoms with Crippen LogP contribution in [0.5, 0.6) is 0 Å². The molecular weight excluding hydrogens is 310 g/mol. The van der Waals surface area contributed by atoms with Gasteiger partial charge in [0, 0.05) is 16.9 Å². The Morgan fingerprint density at radius 1 is 1.09 bits per heavy atom. The molecule has 5 heteroatoms. The third kappa shape index (κ3) is 4.60. The fourth-order valence-corrected chi connectivity index (χ4v) is 2.79. The highest BCUT2D eigenvalue weighted by atomic mass is 32.2. The summed E-state index contributed by atoms with van der Waals surface area (Å²) < 4.78 is 4.66. The Kier molecular flexibility index (Phi) is 6.23. The molecule has 0 saturated heterocycles. The molecule has 0 unspecified atom stereocenters. The number of hydrogen-bond acceptors (Lipinski definition) is 4. The smallest absolute Gasteiger partial charge is 0.305 e. The average molecular weight is 329 g/mol. The van der Waals surface area contributed by atoms with Gasteiger partial charge >= 0.3 is 5.97 Å². The van der Waals surface area contributed by atoms with E-state index in [1.807, 2.05) is 48.7 Å². The van der Waals surface area contributed by atoms with Gasteiger partial charge in [0.25, 0.3) is 5.91 Å². The van der Waals surface area contributed by atoms with Gasteiger partial charge in [0.15, 0.2) is 0 Å². The van der Waals surface area contributed by atoms with Crippen LogP contribution in [0.1, 0.15) is 22.3 Å². The number of benzene rings is 2. The van der Waals surface area contributed by atoms with Crippen molar-refractivity contribution >= 4 is 29.3 Å². The Morgan fingerprint density at radius 2 is 1.78 bits per heavy atom. The number of hydrogen-bond donors (Lipinski definition) is 1. The Bertz CT molecular complexity index is 700. The lowest BCUT2D eigenvalue weighted by molar-refractivity contribution is -0.140. The molecule has 4 nitrogen and oxygen atoms in total. The minimum absolute atomic E-state index is 0.174. The highest BCUT2D eigenvalue weighted by Crippen LogP contribution is 2.25. The SMILES string of the molecule is COC(=O)CCc1ccccc1C(=O)Nc1ccccc1SC. The summed E-state index contributed by atoms with van der Waals surface area (Å²) in [6.45, 7) is 0. The lowest BCUT2D eigenvalue weighted by atomic mass is 10.0. The van der Waals surface area contributed by atoms with Gasteiger partial charge in [-0.2, -0.15) is 0 Å². The second kappa shape index (κ2) is 8.39. The van der Waals surface area contributed by atoms with E-state index in [0.717, 1.165) is 16.1 Å². The second-order valence-corrected chi connectivity index (χ2v) is 5.74. The third-order valence-electron chi connectivity index (χ3n) is 3.44. The van der Waals surface area contributed by atoms with E-state index < -0.39 is 0 Å². The van der Waals surface area contributed by atoms with Gasteiger partial charge in [-0.3, -0.25) is 9.59 Å². The van der Waals surface area contributed by atoms with Crippen molar-refractivity contribution < 1.29 is 14.3 Å². The molecule has 0 aliphatic rings. The van der Waals surface area contributed by atoms with E-state index in [4.69, 9.17) is 0 Å². The molecule has 0 spiro atoms. The standard InChI is InChI=1S/C18H19NO3S/c1-22-17(20)12-11-13-7-3-4-8-14(13)18(21)19-15-9-5-6-10-16(15)23-2/h3-10H,11-12H2,1-2H3,(H,19,21). The summed E-state index contributed by atoms with van der Waals surface area (Å²) in [7, 11) is 1.36. The van der Waals surface area contributed by atoms with Crippen LogP contribution in [0.2, 0.25) is 0 Å². The van der Waals surface area contributed by atoms with Crippen molar-refractivity contribution in [2.24, 2.45) is 0 Å². The molecule has 0 bridgehead atoms. The lowest BCUT2D eigenvalue weighted by Crippen LogP contribution is -2.15. The number of methoxy groups -OCH3 is 1. The first-order valence-electron chi connectivity index (χ1n) is 7.24. The summed E-state index contributed by atoms with van der Waals surface area (Å²) in [6, 6.07) is 15.0. The molecule has 0 saturated carbocycles. The van der Waals surface area contributed by atoms with E-state index in [1.165, 1.54) is 7.11 Å². The first kappa shape index (κ1) is 17.1. The van der Waals surface area contributed by atoms with Crippen LogP contribution < -0.4 is 5.32 Å². The zero-order valence-corrected chi connectivity index (χ0v) is 14.0. The van der Waals surface area contributed by atoms with Crippen LogP contribution in [0.4, 0.5) is 5.69 Å². The van der Waals surface area contributed by atoms with Crippen LogP contribution >= 0.6 is 11.8 Å². The predicted molar refractivity (Wildman–Crippen MR) is 93.0 cm³/mol. The summed E-state index contributed by atoms with van der Waals surface area (Å²) in [5.41, 5.74) is 2.19. The van der Waals surface area contributed by atoms with Crippen LogP contribution in [-0.2, 0) is 16.0 Å². The molecule has 0 aliphatic heterocycles. The van der Waals surface area contributed by atoms with Crippen molar-refractivity contribution in [3.63, 3.8) is 0 Å². The number of carbonyl (C=O) groups excluding carboxylic acids is 2. The highest BCUT2D eigenvalue weighted by Gasteiger charge is 2.13. The zero-order chi connectivity index (χ0) is 16.7. The number of ether oxygens (including phenoxy) is 1. The van der Waals surface area contributed by atoms with Crippen LogP contribution in [-0.4, -0.2) is 25.2 Å². The normalized spacial score (nSPS) is 10.2. The third-order valence-corrected chi connectivity index (χ3v) is 4.24. The number of nitrogens with one attached hydrogen (secondary N) is 1. The number of esters is 1. The minimum atomic E-state index is -0.284. The van der Waals surface area contributed by atoms with Gasteiger partial charge in [-0.05, 0) is 36.4 Å². The second-order valence-electron chi connectivity index (χ2n) is 4.89. The number of anilines is 1. The van der Waals surface area contributed by atoms with E-state index in [9.17, 15) is 9.59 Å². The molecule has 0 atom stereocenters. The van der Waals surface area contributed by atoms with Crippen molar-refractivity contribution in [3.8, 4) is 0 Å². The van der Waals surface area contributed by atoms with Gasteiger partial charge in [0.1, 0.15) is 0 Å². The molecule has 2 rings (SSSR count). The van der Waals surface area contributed by atoms with Gasteiger partial charge in [-0.15, -0.1) is 11.8 Å². The number of amides is 1. The number of carbonyl (C=O) groups is 2. The molecule has 2 aromatic carbocycles. The highest BCUT2D eigenvalue weighted by molar-refractivity contribution is 7.98. The summed E-state index contributed by atoms with van der Waals surface area (Å²) in [6.07, 6.45) is 2.69. The maximum absolute atomic E-state index is 12.6. The molecule has 1 amide bonds. The number of thioether (sulfide) groups is 1. The summed E-state index contributed by atoms with van der Waals surface area (Å²) >= 11 is 1.58. The molecule has 0 aliphatic carbocycles. The maximum atomic E-state index is 12.6. The Morgan fingerprint density at radius 3 is 2.52 bits per heavy atom. The maximum Gasteiger partial charge on any atom is 0.305 e. The van der Waals surface area contributed by atoms with Crippen LogP contribution in [0.25, 0.3) is 0 Å². The van der Waals surface area contributed by atoms with Gasteiger partial charge < -0.3 is 10.1 Å². The molecular formula is C18H19NO3S. The number of rotatable bonds is 6. The van der Waals surface area contributed by atoms with E-state index in [1.54, 1.807) is 17.8 Å². The van der Waals surface area contributed by atoms with E-state index in [2.05, 4.69) is 10.1 Å². The lowest BCUT2D eigenvalue weighted by Gasteiger charge is -2.12. The van der Waals surface area contributed by atoms with E-state index in [-0.39, 0.29) is 18.3 Å². The molecule has 1 N–H and O–H groups in total. The first-order valence-corrected chi connectivity index (χ1v) is 8.47. The number of aryl methyl sites for hydroxylation is 1. The molecule has 23 heavy (non-hydrogen) atoms. The molecule has 0 radical (unpaired) electrons. The first-order chi connectivity index (χ1) is 11.2. The fraction of sp³-hybridized carbons (Fsp3) is 0.222. The number of para-hydroxylation sites is 1. The Hall–Kier alpha value is -2.27. The minimum Gasteiger partial charge on any atom is -0.469 e. The topological polar surface area (TPSA) is 55.4 Å². The van der Waals surface area contributed by atoms with E-state index in [0.29, 0.717) is 12.0 Å². The van der Waals surface area contributed by atoms with E-state index >= 15 is 0 Å². The molecule has 120 valence electrons. The summed E-state index contributed by atoms with van der Waals surface area (Å²) in [4.78, 5) is 24.9. The summed E-state index contributed by atoms with van der Waals surface area (Å²) in [5, 5.41) is 2.94. The monoisotopic (exact) mass is 329 g/mol. The fourth-order valence-electron chi connectivity index (χ4n) is 2.24. The van der Waals surface area contributed by atoms with Gasteiger partial charge in [0.05, 0.1) is 12.8 Å². The molecule has 0 aromatic heterocycles. The van der Waals surface area contributed by atoms with Gasteiger partial charge in [0.2, 0.25) is 0 Å². The van der Waals surface area contributed by atoms with Crippen molar-refractivity contribution in [1.82, 2.24) is 0 Å². The van der Waals surface area contributed by atoms with Gasteiger partial charge in [-0.25, -0.2) is 0 Å². The van der Waals surface area contributed by atoms with Crippen molar-refractivity contribution in [2.45, 2.75) is 17.7 Å². The van der Waals surface area contributed by atoms with Crippen LogP contribution in [0.3, 0.4) is 0 Å². The molecule has 2 aromatic rings. The largest absolute Gasteiger partial charge is 0.469 e. The van der Waals surface area contributed by atoms with Crippen molar-refractivity contribution in [3.05, 3.63) is 59.7 Å². The zero-order valence-electron chi connectivity index (χ0n) is 13.2. The van der Waals surface area contributed by atoms with Crippen LogP contribution in [0.15, 0.2) is 53.4 Å². The molecule has 0 heterocycles. The predicted octanol–water partition coefficient (Wildman–Crippen LogP) is 3.77.